The van der Waals surface area contributed by atoms with E-state index in [0.29, 0.717) is 5.69 Å². The predicted molar refractivity (Wildman–Crippen MR) is 49.9 cm³/mol. The van der Waals surface area contributed by atoms with Gasteiger partial charge in [0.05, 0.1) is 11.4 Å². The molecular weight excluding hydrogens is 168 g/mol. The molecule has 0 aliphatic rings. The quantitative estimate of drug-likeness (QED) is 0.336. The van der Waals surface area contributed by atoms with Crippen LogP contribution in [0.15, 0.2) is 17.3 Å². The SMILES string of the molecule is Cc1cnc(C)c(N=C(N)NO)c1. The Hall–Kier alpha value is -1.62. The Balaban J connectivity index is 3.07. The Morgan fingerprint density at radius 3 is 2.92 bits per heavy atom. The number of nitrogens with one attached hydrogen (secondary N) is 1. The minimum atomic E-state index is -0.0458. The standard InChI is InChI=1S/C8H12N4O/c1-5-3-7(6(2)10-4-5)11-8(9)12-13/h3-4,13H,1-2H3,(H3,9,11,12). The summed E-state index contributed by atoms with van der Waals surface area (Å²) in [5.41, 5.74) is 9.46. The van der Waals surface area contributed by atoms with E-state index in [1.54, 1.807) is 11.7 Å². The summed E-state index contributed by atoms with van der Waals surface area (Å²) in [7, 11) is 0. The van der Waals surface area contributed by atoms with Gasteiger partial charge >= 0.3 is 0 Å². The third-order valence-corrected chi connectivity index (χ3v) is 1.55. The maximum Gasteiger partial charge on any atom is 0.218 e. The maximum absolute atomic E-state index is 8.43. The van der Waals surface area contributed by atoms with Crippen LogP contribution < -0.4 is 11.2 Å². The van der Waals surface area contributed by atoms with Crippen molar-refractivity contribution < 1.29 is 5.21 Å². The summed E-state index contributed by atoms with van der Waals surface area (Å²) >= 11 is 0. The van der Waals surface area contributed by atoms with E-state index >= 15 is 0 Å². The number of aromatic nitrogens is 1. The molecule has 0 fully saturated rings. The van der Waals surface area contributed by atoms with Crippen LogP contribution in [0, 0.1) is 13.8 Å². The lowest BCUT2D eigenvalue weighted by Gasteiger charge is -2.01. The van der Waals surface area contributed by atoms with Gasteiger partial charge in [-0.1, -0.05) is 0 Å². The molecule has 0 spiro atoms. The van der Waals surface area contributed by atoms with Crippen LogP contribution in [0.3, 0.4) is 0 Å². The molecule has 0 saturated heterocycles. The molecule has 0 aliphatic heterocycles. The topological polar surface area (TPSA) is 83.5 Å². The molecule has 0 unspecified atom stereocenters. The van der Waals surface area contributed by atoms with E-state index in [1.165, 1.54) is 0 Å². The number of nitrogens with zero attached hydrogens (tertiary/aromatic N) is 2. The molecule has 1 rings (SSSR count). The average molecular weight is 180 g/mol. The number of guanidine groups is 1. The molecular formula is C8H12N4O. The van der Waals surface area contributed by atoms with Gasteiger partial charge in [-0.25, -0.2) is 10.5 Å². The zero-order valence-corrected chi connectivity index (χ0v) is 7.57. The molecule has 4 N–H and O–H groups in total. The molecule has 5 heteroatoms. The van der Waals surface area contributed by atoms with E-state index in [1.807, 2.05) is 19.9 Å². The van der Waals surface area contributed by atoms with Crippen LogP contribution in [0.25, 0.3) is 0 Å². The summed E-state index contributed by atoms with van der Waals surface area (Å²) in [6, 6.07) is 1.84. The van der Waals surface area contributed by atoms with E-state index < -0.39 is 0 Å². The molecule has 1 aromatic heterocycles. The van der Waals surface area contributed by atoms with E-state index in [-0.39, 0.29) is 5.96 Å². The number of rotatable bonds is 1. The average Bonchev–Trinajstić information content (AvgIpc) is 2.11. The second-order valence-electron chi connectivity index (χ2n) is 2.73. The lowest BCUT2D eigenvalue weighted by Crippen LogP contribution is -2.27. The van der Waals surface area contributed by atoms with Crippen LogP contribution in [0.5, 0.6) is 0 Å². The van der Waals surface area contributed by atoms with E-state index in [4.69, 9.17) is 10.9 Å². The normalized spacial score (nSPS) is 11.5. The smallest absolute Gasteiger partial charge is 0.218 e. The van der Waals surface area contributed by atoms with Gasteiger partial charge in [-0.05, 0) is 25.5 Å². The second-order valence-corrected chi connectivity index (χ2v) is 2.73. The molecule has 1 heterocycles. The first kappa shape index (κ1) is 9.47. The summed E-state index contributed by atoms with van der Waals surface area (Å²) in [4.78, 5) is 8.00. The number of pyridine rings is 1. The van der Waals surface area contributed by atoms with Crippen molar-refractivity contribution >= 4 is 11.6 Å². The van der Waals surface area contributed by atoms with Crippen molar-refractivity contribution in [2.24, 2.45) is 10.7 Å². The van der Waals surface area contributed by atoms with Crippen LogP contribution in [0.2, 0.25) is 0 Å². The second kappa shape index (κ2) is 3.86. The van der Waals surface area contributed by atoms with Crippen LogP contribution in [-0.2, 0) is 0 Å². The number of hydroxylamine groups is 1. The van der Waals surface area contributed by atoms with Crippen molar-refractivity contribution in [1.29, 1.82) is 0 Å². The molecule has 0 radical (unpaired) electrons. The van der Waals surface area contributed by atoms with Crippen molar-refractivity contribution in [3.05, 3.63) is 23.5 Å². The summed E-state index contributed by atoms with van der Waals surface area (Å²) in [5, 5.41) is 8.43. The van der Waals surface area contributed by atoms with Gasteiger partial charge in [0.25, 0.3) is 0 Å². The minimum Gasteiger partial charge on any atom is -0.368 e. The fourth-order valence-electron chi connectivity index (χ4n) is 0.890. The lowest BCUT2D eigenvalue weighted by molar-refractivity contribution is 0.233. The van der Waals surface area contributed by atoms with Gasteiger partial charge < -0.3 is 5.73 Å². The Bertz CT molecular complexity index is 335. The van der Waals surface area contributed by atoms with Crippen molar-refractivity contribution in [2.45, 2.75) is 13.8 Å². The first-order chi connectivity index (χ1) is 6.13. The highest BCUT2D eigenvalue weighted by Gasteiger charge is 1.98. The highest BCUT2D eigenvalue weighted by molar-refractivity contribution is 5.80. The number of hydrogen-bond donors (Lipinski definition) is 3. The Morgan fingerprint density at radius 1 is 1.62 bits per heavy atom. The zero-order chi connectivity index (χ0) is 9.84. The van der Waals surface area contributed by atoms with Gasteiger partial charge in [-0.3, -0.25) is 10.2 Å². The summed E-state index contributed by atoms with van der Waals surface area (Å²) in [6.45, 7) is 3.73. The van der Waals surface area contributed by atoms with Crippen LogP contribution >= 0.6 is 0 Å². The third-order valence-electron chi connectivity index (χ3n) is 1.55. The van der Waals surface area contributed by atoms with Crippen molar-refractivity contribution in [3.63, 3.8) is 0 Å². The highest BCUT2D eigenvalue weighted by atomic mass is 16.5. The first-order valence-electron chi connectivity index (χ1n) is 3.81. The first-order valence-corrected chi connectivity index (χ1v) is 3.81. The van der Waals surface area contributed by atoms with Gasteiger partial charge in [-0.2, -0.15) is 0 Å². The van der Waals surface area contributed by atoms with Crippen LogP contribution in [0.1, 0.15) is 11.3 Å². The monoisotopic (exact) mass is 180 g/mol. The van der Waals surface area contributed by atoms with Gasteiger partial charge in [0.15, 0.2) is 0 Å². The van der Waals surface area contributed by atoms with Gasteiger partial charge in [0, 0.05) is 6.20 Å². The molecule has 0 aromatic carbocycles. The van der Waals surface area contributed by atoms with Crippen molar-refractivity contribution in [1.82, 2.24) is 10.5 Å². The van der Waals surface area contributed by atoms with Gasteiger partial charge in [0.1, 0.15) is 0 Å². The molecule has 0 saturated carbocycles. The fourth-order valence-corrected chi connectivity index (χ4v) is 0.890. The predicted octanol–water partition coefficient (Wildman–Crippen LogP) is 0.623. The molecule has 5 nitrogen and oxygen atoms in total. The highest BCUT2D eigenvalue weighted by Crippen LogP contribution is 2.16. The third kappa shape index (κ3) is 2.41. The Morgan fingerprint density at radius 2 is 2.31 bits per heavy atom. The molecule has 0 atom stereocenters. The van der Waals surface area contributed by atoms with E-state index in [9.17, 15) is 0 Å². The number of nitrogens with two attached hydrogens (primary N) is 1. The molecule has 13 heavy (non-hydrogen) atoms. The Kier molecular flexibility index (Phi) is 2.81. The maximum atomic E-state index is 8.43. The summed E-state index contributed by atoms with van der Waals surface area (Å²) in [6.07, 6.45) is 1.75. The van der Waals surface area contributed by atoms with Crippen LogP contribution in [-0.4, -0.2) is 16.2 Å². The van der Waals surface area contributed by atoms with Gasteiger partial charge in [0.2, 0.25) is 5.96 Å². The van der Waals surface area contributed by atoms with Gasteiger partial charge in [-0.15, -0.1) is 0 Å². The fraction of sp³-hybridized carbons (Fsp3) is 0.250. The van der Waals surface area contributed by atoms with E-state index in [2.05, 4.69) is 9.98 Å². The molecule has 70 valence electrons. The minimum absolute atomic E-state index is 0.0458. The number of aryl methyl sites for hydroxylation is 2. The molecule has 0 amide bonds. The molecule has 1 aromatic rings. The largest absolute Gasteiger partial charge is 0.368 e. The number of aliphatic imine (C=N–C) groups is 1. The van der Waals surface area contributed by atoms with Crippen LogP contribution in [0.4, 0.5) is 5.69 Å². The summed E-state index contributed by atoms with van der Waals surface area (Å²) < 4.78 is 0. The van der Waals surface area contributed by atoms with E-state index in [0.717, 1.165) is 11.3 Å². The molecule has 0 aliphatic carbocycles. The lowest BCUT2D eigenvalue weighted by atomic mass is 10.2. The molecule has 0 bridgehead atoms. The van der Waals surface area contributed by atoms with Crippen molar-refractivity contribution in [3.8, 4) is 0 Å². The summed E-state index contributed by atoms with van der Waals surface area (Å²) in [5.74, 6) is -0.0458. The van der Waals surface area contributed by atoms with Crippen molar-refractivity contribution in [2.75, 3.05) is 0 Å². The Labute approximate surface area is 76.3 Å². The zero-order valence-electron chi connectivity index (χ0n) is 7.57. The number of hydrogen-bond acceptors (Lipinski definition) is 3.